The molecule has 2 aromatic heterocycles. The lowest BCUT2D eigenvalue weighted by Crippen LogP contribution is -2.11. The summed E-state index contributed by atoms with van der Waals surface area (Å²) in [7, 11) is -3.81. The van der Waals surface area contributed by atoms with E-state index in [-0.39, 0.29) is 15.9 Å². The van der Waals surface area contributed by atoms with Gasteiger partial charge in [0.15, 0.2) is 11.5 Å². The number of nitrogens with zero attached hydrogens (tertiary/aromatic N) is 1. The van der Waals surface area contributed by atoms with E-state index < -0.39 is 10.0 Å². The number of hydrogen-bond acceptors (Lipinski definition) is 7. The molecule has 1 amide bonds. The molecule has 0 saturated heterocycles. The molecule has 162 valence electrons. The molecule has 0 aliphatic rings. The second kappa shape index (κ2) is 9.27. The average molecular weight is 460 g/mol. The Hall–Kier alpha value is -3.24. The van der Waals surface area contributed by atoms with Gasteiger partial charge in [0.25, 0.3) is 10.0 Å². The number of benzene rings is 1. The van der Waals surface area contributed by atoms with Crippen molar-refractivity contribution in [2.45, 2.75) is 31.4 Å². The van der Waals surface area contributed by atoms with Crippen molar-refractivity contribution >= 4 is 56.6 Å². The number of sulfonamides is 1. The first-order chi connectivity index (χ1) is 14.7. The normalized spacial score (nSPS) is 11.6. The van der Waals surface area contributed by atoms with E-state index >= 15 is 0 Å². The van der Waals surface area contributed by atoms with Crippen molar-refractivity contribution in [3.05, 3.63) is 58.3 Å². The summed E-state index contributed by atoms with van der Waals surface area (Å²) in [6.45, 7) is 4.88. The molecular weight excluding hydrogens is 438 g/mol. The van der Waals surface area contributed by atoms with Gasteiger partial charge in [0.05, 0.1) is 0 Å². The van der Waals surface area contributed by atoms with Crippen LogP contribution >= 0.6 is 11.3 Å². The standard InChI is InChI=1S/C21H21N3O5S2/c1-4-19(26)22-21-13(2)23-29-18(21)10-8-17-9-11-20(30-17)31(27,28)24-16-7-5-6-15(12-16)14(3)25/h5-12,24H,4H2,1-3H3,(H,22,26). The molecule has 0 unspecified atom stereocenters. The van der Waals surface area contributed by atoms with Gasteiger partial charge in [-0.1, -0.05) is 24.2 Å². The van der Waals surface area contributed by atoms with Crippen molar-refractivity contribution in [1.29, 1.82) is 0 Å². The van der Waals surface area contributed by atoms with Crippen LogP contribution in [0.4, 0.5) is 11.4 Å². The minimum Gasteiger partial charge on any atom is -0.354 e. The Balaban J connectivity index is 1.78. The topological polar surface area (TPSA) is 118 Å². The molecule has 0 aliphatic carbocycles. The molecule has 0 aliphatic heterocycles. The Morgan fingerprint density at radius 3 is 2.68 bits per heavy atom. The monoisotopic (exact) mass is 459 g/mol. The molecule has 2 heterocycles. The van der Waals surface area contributed by atoms with Crippen molar-refractivity contribution in [2.75, 3.05) is 10.0 Å². The first-order valence-electron chi connectivity index (χ1n) is 9.37. The number of carbonyl (C=O) groups is 2. The van der Waals surface area contributed by atoms with E-state index in [0.29, 0.717) is 39.7 Å². The van der Waals surface area contributed by atoms with Gasteiger partial charge in [-0.05, 0) is 50.3 Å². The quantitative estimate of drug-likeness (QED) is 0.477. The number of nitrogens with one attached hydrogen (secondary N) is 2. The summed E-state index contributed by atoms with van der Waals surface area (Å²) in [6, 6.07) is 9.47. The highest BCUT2D eigenvalue weighted by molar-refractivity contribution is 7.94. The minimum absolute atomic E-state index is 0.119. The predicted octanol–water partition coefficient (Wildman–Crippen LogP) is 4.57. The Bertz CT molecular complexity index is 1260. The number of Topliss-reactive ketones (excluding diaryl/α,β-unsaturated/α-hetero) is 1. The molecular formula is C21H21N3O5S2. The molecule has 0 spiro atoms. The number of hydrogen-bond donors (Lipinski definition) is 2. The third-order valence-corrected chi connectivity index (χ3v) is 7.19. The third kappa shape index (κ3) is 5.47. The van der Waals surface area contributed by atoms with Crippen molar-refractivity contribution in [2.24, 2.45) is 0 Å². The van der Waals surface area contributed by atoms with Gasteiger partial charge in [-0.25, -0.2) is 8.42 Å². The molecule has 3 aromatic rings. The lowest BCUT2D eigenvalue weighted by molar-refractivity contribution is -0.115. The minimum atomic E-state index is -3.81. The summed E-state index contributed by atoms with van der Waals surface area (Å²) in [5.41, 5.74) is 1.77. The van der Waals surface area contributed by atoms with E-state index in [1.807, 2.05) is 0 Å². The SMILES string of the molecule is CCC(=O)Nc1c(C)noc1C=Cc1ccc(S(=O)(=O)Nc2cccc(C(C)=O)c2)s1. The molecule has 0 saturated carbocycles. The van der Waals surface area contributed by atoms with E-state index in [1.54, 1.807) is 50.3 Å². The first kappa shape index (κ1) is 22.4. The molecule has 0 bridgehead atoms. The van der Waals surface area contributed by atoms with Crippen LogP contribution in [0.5, 0.6) is 0 Å². The van der Waals surface area contributed by atoms with Gasteiger partial charge in [-0.3, -0.25) is 14.3 Å². The number of rotatable bonds is 8. The van der Waals surface area contributed by atoms with E-state index in [4.69, 9.17) is 4.52 Å². The average Bonchev–Trinajstić information content (AvgIpc) is 3.34. The lowest BCUT2D eigenvalue weighted by Gasteiger charge is -2.07. The first-order valence-corrected chi connectivity index (χ1v) is 11.7. The van der Waals surface area contributed by atoms with Crippen LogP contribution in [-0.4, -0.2) is 25.3 Å². The number of aromatic nitrogens is 1. The maximum Gasteiger partial charge on any atom is 0.271 e. The molecule has 0 atom stereocenters. The van der Waals surface area contributed by atoms with E-state index in [2.05, 4.69) is 15.2 Å². The fraction of sp³-hybridized carbons (Fsp3) is 0.190. The number of carbonyl (C=O) groups excluding carboxylic acids is 2. The Morgan fingerprint density at radius 1 is 1.19 bits per heavy atom. The summed E-state index contributed by atoms with van der Waals surface area (Å²) in [5.74, 6) is 0.0587. The van der Waals surface area contributed by atoms with Crippen molar-refractivity contribution in [1.82, 2.24) is 5.16 Å². The van der Waals surface area contributed by atoms with Crippen molar-refractivity contribution < 1.29 is 22.5 Å². The van der Waals surface area contributed by atoms with Gasteiger partial charge < -0.3 is 9.84 Å². The summed E-state index contributed by atoms with van der Waals surface area (Å²) in [6.07, 6.45) is 3.63. The second-order valence-corrected chi connectivity index (χ2v) is 9.67. The molecule has 0 radical (unpaired) electrons. The maximum atomic E-state index is 12.7. The van der Waals surface area contributed by atoms with Gasteiger partial charge in [-0.15, -0.1) is 11.3 Å². The number of aryl methyl sites for hydroxylation is 1. The Kier molecular flexibility index (Phi) is 6.71. The summed E-state index contributed by atoms with van der Waals surface area (Å²) in [4.78, 5) is 23.9. The van der Waals surface area contributed by atoms with Gasteiger partial charge in [0.2, 0.25) is 5.91 Å². The molecule has 10 heteroatoms. The van der Waals surface area contributed by atoms with Gasteiger partial charge in [0, 0.05) is 22.5 Å². The van der Waals surface area contributed by atoms with Crippen LogP contribution in [0.3, 0.4) is 0 Å². The smallest absolute Gasteiger partial charge is 0.271 e. The van der Waals surface area contributed by atoms with Crippen LogP contribution < -0.4 is 10.0 Å². The highest BCUT2D eigenvalue weighted by atomic mass is 32.2. The van der Waals surface area contributed by atoms with Crippen LogP contribution in [0.1, 0.15) is 47.0 Å². The molecule has 31 heavy (non-hydrogen) atoms. The molecule has 3 rings (SSSR count). The van der Waals surface area contributed by atoms with Crippen LogP contribution in [-0.2, 0) is 14.8 Å². The van der Waals surface area contributed by atoms with Crippen molar-refractivity contribution in [3.8, 4) is 0 Å². The van der Waals surface area contributed by atoms with Crippen LogP contribution in [0.15, 0.2) is 45.1 Å². The van der Waals surface area contributed by atoms with E-state index in [9.17, 15) is 18.0 Å². The zero-order valence-corrected chi connectivity index (χ0v) is 18.8. The second-order valence-electron chi connectivity index (χ2n) is 6.64. The lowest BCUT2D eigenvalue weighted by atomic mass is 10.1. The van der Waals surface area contributed by atoms with Crippen LogP contribution in [0, 0.1) is 6.92 Å². The number of anilines is 2. The fourth-order valence-electron chi connectivity index (χ4n) is 2.61. The van der Waals surface area contributed by atoms with Gasteiger partial charge >= 0.3 is 0 Å². The summed E-state index contributed by atoms with van der Waals surface area (Å²) >= 11 is 1.07. The zero-order valence-electron chi connectivity index (χ0n) is 17.1. The van der Waals surface area contributed by atoms with Crippen LogP contribution in [0.25, 0.3) is 12.2 Å². The molecule has 0 fully saturated rings. The fourth-order valence-corrected chi connectivity index (χ4v) is 4.89. The molecule has 1 aromatic carbocycles. The Labute approximate surface area is 184 Å². The third-order valence-electron chi connectivity index (χ3n) is 4.26. The van der Waals surface area contributed by atoms with E-state index in [0.717, 1.165) is 11.3 Å². The number of amides is 1. The highest BCUT2D eigenvalue weighted by Crippen LogP contribution is 2.28. The maximum absolute atomic E-state index is 12.7. The predicted molar refractivity (Wildman–Crippen MR) is 121 cm³/mol. The highest BCUT2D eigenvalue weighted by Gasteiger charge is 2.18. The van der Waals surface area contributed by atoms with Gasteiger partial charge in [0.1, 0.15) is 15.6 Å². The molecule has 2 N–H and O–H groups in total. The Morgan fingerprint density at radius 2 is 1.97 bits per heavy atom. The summed E-state index contributed by atoms with van der Waals surface area (Å²) in [5, 5.41) is 6.60. The van der Waals surface area contributed by atoms with E-state index in [1.165, 1.54) is 19.1 Å². The van der Waals surface area contributed by atoms with Gasteiger partial charge in [-0.2, -0.15) is 0 Å². The zero-order chi connectivity index (χ0) is 22.6. The summed E-state index contributed by atoms with van der Waals surface area (Å²) < 4.78 is 33.2. The largest absolute Gasteiger partial charge is 0.354 e. The number of thiophene rings is 1. The number of ketones is 1. The molecule has 8 nitrogen and oxygen atoms in total. The van der Waals surface area contributed by atoms with Crippen LogP contribution in [0.2, 0.25) is 0 Å². The van der Waals surface area contributed by atoms with Crippen molar-refractivity contribution in [3.63, 3.8) is 0 Å².